The maximum Gasteiger partial charge on any atom is 0.180 e. The highest BCUT2D eigenvalue weighted by atomic mass is 32.2. The van der Waals surface area contributed by atoms with E-state index in [0.717, 1.165) is 5.69 Å². The Hall–Kier alpha value is -2.47. The summed E-state index contributed by atoms with van der Waals surface area (Å²) in [6.07, 6.45) is 5.11. The van der Waals surface area contributed by atoms with Crippen molar-refractivity contribution < 1.29 is 8.42 Å². The second-order valence-corrected chi connectivity index (χ2v) is 6.90. The van der Waals surface area contributed by atoms with E-state index < -0.39 is 9.84 Å². The summed E-state index contributed by atoms with van der Waals surface area (Å²) in [5.74, 6) is 0.691. The molecule has 0 aliphatic heterocycles. The van der Waals surface area contributed by atoms with Crippen LogP contribution in [0.4, 0.5) is 0 Å². The van der Waals surface area contributed by atoms with Crippen LogP contribution in [0.1, 0.15) is 0 Å². The van der Waals surface area contributed by atoms with Crippen LogP contribution in [0, 0.1) is 0 Å². The van der Waals surface area contributed by atoms with Crippen molar-refractivity contribution in [3.05, 3.63) is 67.1 Å². The van der Waals surface area contributed by atoms with E-state index in [1.807, 2.05) is 22.8 Å². The van der Waals surface area contributed by atoms with Gasteiger partial charge in [-0.15, -0.1) is 0 Å². The molecule has 0 atom stereocenters. The third-order valence-corrected chi connectivity index (χ3v) is 5.02. The van der Waals surface area contributed by atoms with E-state index in [-0.39, 0.29) is 5.75 Å². The average molecular weight is 313 g/mol. The van der Waals surface area contributed by atoms with Crippen molar-refractivity contribution in [1.29, 1.82) is 0 Å². The van der Waals surface area contributed by atoms with E-state index in [9.17, 15) is 8.42 Å². The van der Waals surface area contributed by atoms with E-state index in [4.69, 9.17) is 0 Å². The number of hydrogen-bond acceptors (Lipinski definition) is 4. The minimum Gasteiger partial charge on any atom is -0.329 e. The number of pyridine rings is 1. The number of sulfone groups is 1. The van der Waals surface area contributed by atoms with Gasteiger partial charge in [0.15, 0.2) is 15.7 Å². The first kappa shape index (κ1) is 14.5. The maximum atomic E-state index is 12.3. The lowest BCUT2D eigenvalue weighted by Gasteiger charge is -2.08. The van der Waals surface area contributed by atoms with Crippen molar-refractivity contribution in [2.24, 2.45) is 0 Å². The zero-order valence-corrected chi connectivity index (χ0v) is 12.6. The van der Waals surface area contributed by atoms with Gasteiger partial charge in [0, 0.05) is 25.1 Å². The minimum absolute atomic E-state index is 0.0210. The molecule has 2 heterocycles. The van der Waals surface area contributed by atoms with Gasteiger partial charge in [-0.05, 0) is 24.3 Å². The lowest BCUT2D eigenvalue weighted by molar-refractivity contribution is 0.589. The summed E-state index contributed by atoms with van der Waals surface area (Å²) in [6, 6.07) is 14.0. The summed E-state index contributed by atoms with van der Waals surface area (Å²) < 4.78 is 26.5. The van der Waals surface area contributed by atoms with Gasteiger partial charge in [0.25, 0.3) is 0 Å². The summed E-state index contributed by atoms with van der Waals surface area (Å²) >= 11 is 0. The van der Waals surface area contributed by atoms with Crippen LogP contribution in [-0.2, 0) is 16.4 Å². The summed E-state index contributed by atoms with van der Waals surface area (Å²) in [4.78, 5) is 8.86. The number of benzene rings is 1. The SMILES string of the molecule is O=S(=O)(CCn1ccnc1-c1ccccn1)c1ccccc1. The Bertz CT molecular complexity index is 843. The summed E-state index contributed by atoms with van der Waals surface area (Å²) in [6.45, 7) is 0.336. The highest BCUT2D eigenvalue weighted by Crippen LogP contribution is 2.16. The predicted octanol–water partition coefficient (Wildman–Crippen LogP) is 2.42. The van der Waals surface area contributed by atoms with E-state index in [0.29, 0.717) is 17.3 Å². The Kier molecular flexibility index (Phi) is 4.02. The largest absolute Gasteiger partial charge is 0.329 e. The topological polar surface area (TPSA) is 64.8 Å². The van der Waals surface area contributed by atoms with Gasteiger partial charge in [-0.25, -0.2) is 13.4 Å². The Balaban J connectivity index is 1.80. The van der Waals surface area contributed by atoms with Crippen LogP contribution in [0.2, 0.25) is 0 Å². The fourth-order valence-electron chi connectivity index (χ4n) is 2.18. The summed E-state index contributed by atoms with van der Waals surface area (Å²) in [7, 11) is -3.30. The maximum absolute atomic E-state index is 12.3. The molecule has 0 radical (unpaired) electrons. The highest BCUT2D eigenvalue weighted by Gasteiger charge is 2.15. The molecule has 0 bridgehead atoms. The molecule has 0 spiro atoms. The Morgan fingerprint density at radius 3 is 2.41 bits per heavy atom. The first-order chi connectivity index (χ1) is 10.7. The Labute approximate surface area is 129 Å². The molecule has 1 aromatic carbocycles. The van der Waals surface area contributed by atoms with E-state index in [1.54, 1.807) is 48.9 Å². The zero-order valence-electron chi connectivity index (χ0n) is 11.8. The second-order valence-electron chi connectivity index (χ2n) is 4.79. The first-order valence-electron chi connectivity index (χ1n) is 6.87. The standard InChI is InChI=1S/C16H15N3O2S/c20-22(21,14-6-2-1-3-7-14)13-12-19-11-10-18-16(19)15-8-4-5-9-17-15/h1-11H,12-13H2. The lowest BCUT2D eigenvalue weighted by atomic mass is 10.3. The molecule has 0 unspecified atom stereocenters. The molecule has 22 heavy (non-hydrogen) atoms. The fraction of sp³-hybridized carbons (Fsp3) is 0.125. The van der Waals surface area contributed by atoms with Crippen LogP contribution < -0.4 is 0 Å². The van der Waals surface area contributed by atoms with Gasteiger partial charge < -0.3 is 4.57 Å². The highest BCUT2D eigenvalue weighted by molar-refractivity contribution is 7.91. The van der Waals surface area contributed by atoms with Gasteiger partial charge in [0.1, 0.15) is 5.69 Å². The third kappa shape index (κ3) is 3.07. The van der Waals surface area contributed by atoms with Crippen molar-refractivity contribution in [3.63, 3.8) is 0 Å². The van der Waals surface area contributed by atoms with E-state index >= 15 is 0 Å². The number of rotatable bonds is 5. The lowest BCUT2D eigenvalue weighted by Crippen LogP contribution is -2.13. The molecule has 3 rings (SSSR count). The quantitative estimate of drug-likeness (QED) is 0.725. The molecule has 3 aromatic rings. The number of aromatic nitrogens is 3. The third-order valence-electron chi connectivity index (χ3n) is 3.31. The Morgan fingerprint density at radius 2 is 1.68 bits per heavy atom. The molecule has 5 nitrogen and oxygen atoms in total. The number of aryl methyl sites for hydroxylation is 1. The number of nitrogens with zero attached hydrogens (tertiary/aromatic N) is 3. The van der Waals surface area contributed by atoms with E-state index in [2.05, 4.69) is 9.97 Å². The van der Waals surface area contributed by atoms with Crippen LogP contribution in [0.5, 0.6) is 0 Å². The summed E-state index contributed by atoms with van der Waals surface area (Å²) in [5.41, 5.74) is 0.726. The first-order valence-corrected chi connectivity index (χ1v) is 8.52. The van der Waals surface area contributed by atoms with Gasteiger partial charge in [0.05, 0.1) is 10.6 Å². The van der Waals surface area contributed by atoms with Crippen molar-refractivity contribution >= 4 is 9.84 Å². The van der Waals surface area contributed by atoms with Crippen molar-refractivity contribution in [3.8, 4) is 11.5 Å². The smallest absolute Gasteiger partial charge is 0.180 e. The van der Waals surface area contributed by atoms with Crippen LogP contribution in [-0.4, -0.2) is 28.7 Å². The number of hydrogen-bond donors (Lipinski definition) is 0. The fourth-order valence-corrected chi connectivity index (χ4v) is 3.43. The molecule has 0 aliphatic rings. The van der Waals surface area contributed by atoms with Gasteiger partial charge in [-0.1, -0.05) is 24.3 Å². The molecule has 6 heteroatoms. The molecule has 0 amide bonds. The molecule has 0 aliphatic carbocycles. The van der Waals surface area contributed by atoms with Crippen molar-refractivity contribution in [1.82, 2.24) is 14.5 Å². The Morgan fingerprint density at radius 1 is 0.909 bits per heavy atom. The van der Waals surface area contributed by atoms with Gasteiger partial charge in [0.2, 0.25) is 0 Å². The van der Waals surface area contributed by atoms with Crippen LogP contribution in [0.15, 0.2) is 72.0 Å². The van der Waals surface area contributed by atoms with E-state index in [1.165, 1.54) is 0 Å². The minimum atomic E-state index is -3.30. The zero-order chi connectivity index (χ0) is 15.4. The van der Waals surface area contributed by atoms with Crippen LogP contribution >= 0.6 is 0 Å². The average Bonchev–Trinajstić information content (AvgIpc) is 3.03. The normalized spacial score (nSPS) is 11.5. The molecule has 0 N–H and O–H groups in total. The van der Waals surface area contributed by atoms with Crippen LogP contribution in [0.25, 0.3) is 11.5 Å². The van der Waals surface area contributed by atoms with Gasteiger partial charge in [-0.2, -0.15) is 0 Å². The van der Waals surface area contributed by atoms with Gasteiger partial charge >= 0.3 is 0 Å². The molecule has 0 saturated carbocycles. The molecular formula is C16H15N3O2S. The summed E-state index contributed by atoms with van der Waals surface area (Å²) in [5, 5.41) is 0. The molecular weight excluding hydrogens is 298 g/mol. The molecule has 0 fully saturated rings. The van der Waals surface area contributed by atoms with Gasteiger partial charge in [-0.3, -0.25) is 4.98 Å². The molecule has 0 saturated heterocycles. The predicted molar refractivity (Wildman–Crippen MR) is 84.0 cm³/mol. The number of imidazole rings is 1. The second kappa shape index (κ2) is 6.11. The molecule has 112 valence electrons. The monoisotopic (exact) mass is 313 g/mol. The van der Waals surface area contributed by atoms with Crippen molar-refractivity contribution in [2.45, 2.75) is 11.4 Å². The van der Waals surface area contributed by atoms with Crippen LogP contribution in [0.3, 0.4) is 0 Å². The van der Waals surface area contributed by atoms with Crippen molar-refractivity contribution in [2.75, 3.05) is 5.75 Å². The molecule has 2 aromatic heterocycles.